The van der Waals surface area contributed by atoms with Crippen LogP contribution in [0, 0.1) is 13.8 Å². The van der Waals surface area contributed by atoms with Crippen molar-refractivity contribution < 1.29 is 4.79 Å². The largest absolute Gasteiger partial charge is 0.324 e. The van der Waals surface area contributed by atoms with Gasteiger partial charge in [-0.25, -0.2) is 4.68 Å². The lowest BCUT2D eigenvalue weighted by Gasteiger charge is -2.08. The molecular formula is C11H13N5O. The Morgan fingerprint density at radius 2 is 2.24 bits per heavy atom. The van der Waals surface area contributed by atoms with Gasteiger partial charge in [0.1, 0.15) is 12.9 Å². The third kappa shape index (κ3) is 2.87. The molecule has 2 aromatic rings. The average molecular weight is 231 g/mol. The number of nitrogens with zero attached hydrogens (tertiary/aromatic N) is 4. The maximum atomic E-state index is 11.7. The molecule has 2 rings (SSSR count). The summed E-state index contributed by atoms with van der Waals surface area (Å²) >= 11 is 0. The van der Waals surface area contributed by atoms with Crippen molar-refractivity contribution in [1.29, 1.82) is 0 Å². The molecule has 0 spiro atoms. The van der Waals surface area contributed by atoms with Crippen LogP contribution in [0.4, 0.5) is 5.69 Å². The van der Waals surface area contributed by atoms with Crippen LogP contribution in [0.1, 0.15) is 11.1 Å². The van der Waals surface area contributed by atoms with Gasteiger partial charge in [0.25, 0.3) is 0 Å². The molecule has 6 heteroatoms. The lowest BCUT2D eigenvalue weighted by molar-refractivity contribution is -0.116. The normalized spacial score (nSPS) is 10.2. The van der Waals surface area contributed by atoms with Gasteiger partial charge in [-0.2, -0.15) is 0 Å². The van der Waals surface area contributed by atoms with Crippen molar-refractivity contribution in [3.05, 3.63) is 35.7 Å². The van der Waals surface area contributed by atoms with Crippen LogP contribution in [0.5, 0.6) is 0 Å². The van der Waals surface area contributed by atoms with Crippen molar-refractivity contribution in [3.63, 3.8) is 0 Å². The fraction of sp³-hybridized carbons (Fsp3) is 0.273. The molecule has 0 aliphatic carbocycles. The number of carbonyl (C=O) groups excluding carboxylic acids is 1. The molecule has 0 saturated heterocycles. The summed E-state index contributed by atoms with van der Waals surface area (Å²) in [5.41, 5.74) is 3.02. The second kappa shape index (κ2) is 4.73. The average Bonchev–Trinajstić information content (AvgIpc) is 2.75. The molecule has 0 saturated carbocycles. The quantitative estimate of drug-likeness (QED) is 0.852. The molecule has 1 aromatic carbocycles. The molecule has 1 N–H and O–H groups in total. The van der Waals surface area contributed by atoms with E-state index in [1.807, 2.05) is 32.0 Å². The van der Waals surface area contributed by atoms with Gasteiger partial charge in [0.15, 0.2) is 0 Å². The minimum atomic E-state index is -0.149. The smallest absolute Gasteiger partial charge is 0.246 e. The Morgan fingerprint density at radius 3 is 2.88 bits per heavy atom. The standard InChI is InChI=1S/C11H13N5O/c1-8-3-4-10(9(2)5-8)13-11(17)6-16-7-12-14-15-16/h3-5,7H,6H2,1-2H3,(H,13,17). The van der Waals surface area contributed by atoms with Crippen molar-refractivity contribution in [1.82, 2.24) is 20.2 Å². The Balaban J connectivity index is 2.03. The third-order valence-corrected chi connectivity index (χ3v) is 2.35. The highest BCUT2D eigenvalue weighted by Crippen LogP contribution is 2.15. The number of aromatic nitrogens is 4. The molecule has 0 atom stereocenters. The summed E-state index contributed by atoms with van der Waals surface area (Å²) in [6, 6.07) is 5.87. The van der Waals surface area contributed by atoms with E-state index in [2.05, 4.69) is 20.8 Å². The Bertz CT molecular complexity index is 521. The van der Waals surface area contributed by atoms with Gasteiger partial charge in [-0.05, 0) is 35.9 Å². The molecule has 1 heterocycles. The number of hydrogen-bond acceptors (Lipinski definition) is 4. The zero-order chi connectivity index (χ0) is 12.3. The Kier molecular flexibility index (Phi) is 3.13. The summed E-state index contributed by atoms with van der Waals surface area (Å²) < 4.78 is 1.37. The highest BCUT2D eigenvalue weighted by Gasteiger charge is 2.06. The molecule has 0 fully saturated rings. The number of benzene rings is 1. The lowest BCUT2D eigenvalue weighted by atomic mass is 10.1. The summed E-state index contributed by atoms with van der Waals surface area (Å²) in [5.74, 6) is -0.149. The SMILES string of the molecule is Cc1ccc(NC(=O)Cn2cnnn2)c(C)c1. The number of amides is 1. The molecule has 0 radical (unpaired) electrons. The van der Waals surface area contributed by atoms with E-state index < -0.39 is 0 Å². The molecule has 0 aliphatic heterocycles. The molecule has 0 bridgehead atoms. The number of rotatable bonds is 3. The lowest BCUT2D eigenvalue weighted by Crippen LogP contribution is -2.19. The molecule has 17 heavy (non-hydrogen) atoms. The number of hydrogen-bond donors (Lipinski definition) is 1. The van der Waals surface area contributed by atoms with Crippen molar-refractivity contribution in [2.45, 2.75) is 20.4 Å². The zero-order valence-corrected chi connectivity index (χ0v) is 9.71. The van der Waals surface area contributed by atoms with Crippen LogP contribution in [-0.4, -0.2) is 26.1 Å². The highest BCUT2D eigenvalue weighted by atomic mass is 16.2. The first-order valence-electron chi connectivity index (χ1n) is 5.23. The predicted octanol–water partition coefficient (Wildman–Crippen LogP) is 0.929. The topological polar surface area (TPSA) is 72.7 Å². The van der Waals surface area contributed by atoms with Gasteiger partial charge >= 0.3 is 0 Å². The fourth-order valence-electron chi connectivity index (χ4n) is 1.54. The van der Waals surface area contributed by atoms with E-state index in [-0.39, 0.29) is 12.5 Å². The minimum Gasteiger partial charge on any atom is -0.324 e. The van der Waals surface area contributed by atoms with Crippen molar-refractivity contribution in [2.24, 2.45) is 0 Å². The Labute approximate surface area is 98.6 Å². The summed E-state index contributed by atoms with van der Waals surface area (Å²) in [4.78, 5) is 11.7. The second-order valence-electron chi connectivity index (χ2n) is 3.87. The molecule has 88 valence electrons. The van der Waals surface area contributed by atoms with Crippen molar-refractivity contribution in [2.75, 3.05) is 5.32 Å². The molecule has 6 nitrogen and oxygen atoms in total. The van der Waals surface area contributed by atoms with Crippen LogP contribution in [-0.2, 0) is 11.3 Å². The Morgan fingerprint density at radius 1 is 1.41 bits per heavy atom. The zero-order valence-electron chi connectivity index (χ0n) is 9.71. The van der Waals surface area contributed by atoms with E-state index in [1.165, 1.54) is 16.6 Å². The van der Waals surface area contributed by atoms with Crippen molar-refractivity contribution >= 4 is 11.6 Å². The molecule has 0 aliphatic rings. The van der Waals surface area contributed by atoms with Gasteiger partial charge in [0.05, 0.1) is 0 Å². The summed E-state index contributed by atoms with van der Waals surface area (Å²) in [6.07, 6.45) is 1.40. The molecule has 0 unspecified atom stereocenters. The van der Waals surface area contributed by atoms with Gasteiger partial charge in [-0.1, -0.05) is 17.7 Å². The van der Waals surface area contributed by atoms with E-state index in [0.717, 1.165) is 11.3 Å². The third-order valence-electron chi connectivity index (χ3n) is 2.35. The molecule has 1 amide bonds. The first kappa shape index (κ1) is 11.3. The van der Waals surface area contributed by atoms with E-state index in [1.54, 1.807) is 0 Å². The van der Waals surface area contributed by atoms with E-state index in [9.17, 15) is 4.79 Å². The Hall–Kier alpha value is -2.24. The number of nitrogens with one attached hydrogen (secondary N) is 1. The van der Waals surface area contributed by atoms with Crippen LogP contribution in [0.25, 0.3) is 0 Å². The van der Waals surface area contributed by atoms with Crippen LogP contribution in [0.2, 0.25) is 0 Å². The molecular weight excluding hydrogens is 218 g/mol. The summed E-state index contributed by atoms with van der Waals surface area (Å²) in [6.45, 7) is 4.08. The van der Waals surface area contributed by atoms with Crippen LogP contribution in [0.3, 0.4) is 0 Å². The van der Waals surface area contributed by atoms with Gasteiger partial charge < -0.3 is 5.32 Å². The van der Waals surface area contributed by atoms with Gasteiger partial charge in [-0.3, -0.25) is 4.79 Å². The maximum absolute atomic E-state index is 11.7. The monoisotopic (exact) mass is 231 g/mol. The van der Waals surface area contributed by atoms with Gasteiger partial charge in [-0.15, -0.1) is 5.10 Å². The van der Waals surface area contributed by atoms with Crippen molar-refractivity contribution in [3.8, 4) is 0 Å². The van der Waals surface area contributed by atoms with Crippen LogP contribution < -0.4 is 5.32 Å². The maximum Gasteiger partial charge on any atom is 0.246 e. The van der Waals surface area contributed by atoms with E-state index in [0.29, 0.717) is 0 Å². The molecule has 1 aromatic heterocycles. The van der Waals surface area contributed by atoms with Crippen LogP contribution >= 0.6 is 0 Å². The number of anilines is 1. The number of aryl methyl sites for hydroxylation is 2. The second-order valence-corrected chi connectivity index (χ2v) is 3.87. The van der Waals surface area contributed by atoms with Gasteiger partial charge in [0.2, 0.25) is 5.91 Å². The number of carbonyl (C=O) groups is 1. The minimum absolute atomic E-state index is 0.111. The highest BCUT2D eigenvalue weighted by molar-refractivity contribution is 5.91. The summed E-state index contributed by atoms with van der Waals surface area (Å²) in [5, 5.41) is 13.4. The van der Waals surface area contributed by atoms with E-state index >= 15 is 0 Å². The fourth-order valence-corrected chi connectivity index (χ4v) is 1.54. The first-order valence-corrected chi connectivity index (χ1v) is 5.23. The summed E-state index contributed by atoms with van der Waals surface area (Å²) in [7, 11) is 0. The first-order chi connectivity index (χ1) is 8.15. The predicted molar refractivity (Wildman–Crippen MR) is 62.4 cm³/mol. The number of tetrazole rings is 1. The van der Waals surface area contributed by atoms with Gasteiger partial charge in [0, 0.05) is 5.69 Å². The van der Waals surface area contributed by atoms with Crippen LogP contribution in [0.15, 0.2) is 24.5 Å². The van der Waals surface area contributed by atoms with E-state index in [4.69, 9.17) is 0 Å².